The fourth-order valence-corrected chi connectivity index (χ4v) is 2.71. The number of ether oxygens (including phenoxy) is 1. The number of hydrogen-bond acceptors (Lipinski definition) is 2. The second kappa shape index (κ2) is 4.30. The molecule has 1 N–H and O–H groups in total. The van der Waals surface area contributed by atoms with Gasteiger partial charge in [-0.15, -0.1) is 0 Å². The molecule has 1 aromatic rings. The zero-order valence-corrected chi connectivity index (χ0v) is 10.4. The highest BCUT2D eigenvalue weighted by Crippen LogP contribution is 2.42. The van der Waals surface area contributed by atoms with E-state index in [4.69, 9.17) is 4.74 Å². The quantitative estimate of drug-likeness (QED) is 0.888. The summed E-state index contributed by atoms with van der Waals surface area (Å²) in [5.41, 5.74) is 0.318. The van der Waals surface area contributed by atoms with E-state index >= 15 is 0 Å². The molecular formula is C15H18O3. The van der Waals surface area contributed by atoms with Crippen molar-refractivity contribution in [2.24, 2.45) is 11.3 Å². The Labute approximate surface area is 107 Å². The lowest BCUT2D eigenvalue weighted by molar-refractivity contribution is -0.152. The number of rotatable bonds is 4. The summed E-state index contributed by atoms with van der Waals surface area (Å²) in [6.07, 6.45) is 4.91. The molecule has 0 radical (unpaired) electrons. The van der Waals surface area contributed by atoms with Gasteiger partial charge in [-0.25, -0.2) is 0 Å². The van der Waals surface area contributed by atoms with Crippen LogP contribution in [-0.4, -0.2) is 17.7 Å². The van der Waals surface area contributed by atoms with Crippen molar-refractivity contribution in [1.82, 2.24) is 0 Å². The van der Waals surface area contributed by atoms with Crippen molar-refractivity contribution in [2.45, 2.75) is 32.1 Å². The van der Waals surface area contributed by atoms with Crippen LogP contribution < -0.4 is 4.74 Å². The maximum absolute atomic E-state index is 11.6. The molecule has 1 saturated carbocycles. The predicted molar refractivity (Wildman–Crippen MR) is 67.7 cm³/mol. The zero-order valence-electron chi connectivity index (χ0n) is 10.4. The normalized spacial score (nSPS) is 26.2. The van der Waals surface area contributed by atoms with Gasteiger partial charge in [0.1, 0.15) is 17.8 Å². The van der Waals surface area contributed by atoms with Crippen molar-refractivity contribution < 1.29 is 14.6 Å². The Morgan fingerprint density at radius 1 is 1.39 bits per heavy atom. The maximum Gasteiger partial charge on any atom is 0.313 e. The van der Waals surface area contributed by atoms with E-state index in [1.807, 2.05) is 24.3 Å². The lowest BCUT2D eigenvalue weighted by atomic mass is 9.76. The second-order valence-electron chi connectivity index (χ2n) is 5.64. The average molecular weight is 246 g/mol. The minimum atomic E-state index is -0.711. The Morgan fingerprint density at radius 3 is 2.89 bits per heavy atom. The number of aliphatic carboxylic acids is 1. The smallest absolute Gasteiger partial charge is 0.313 e. The Balaban J connectivity index is 1.81. The molecule has 0 aromatic heterocycles. The Morgan fingerprint density at radius 2 is 2.17 bits per heavy atom. The van der Waals surface area contributed by atoms with Gasteiger partial charge in [-0.1, -0.05) is 31.0 Å². The minimum absolute atomic E-state index is 0.312. The van der Waals surface area contributed by atoms with Gasteiger partial charge in [0.05, 0.1) is 0 Å². The first-order valence-corrected chi connectivity index (χ1v) is 6.64. The summed E-state index contributed by atoms with van der Waals surface area (Å²) in [4.78, 5) is 11.6. The molecular weight excluding hydrogens is 228 g/mol. The standard InChI is InChI=1S/C15H18O3/c16-14(17)15(8-7-11-5-6-11)9-12-3-1-2-4-13(12)18-10-15/h1-4,11H,5-10H2,(H,16,17). The molecule has 0 spiro atoms. The Hall–Kier alpha value is -1.51. The number of para-hydroxylation sites is 1. The van der Waals surface area contributed by atoms with Crippen LogP contribution in [0.15, 0.2) is 24.3 Å². The SMILES string of the molecule is O=C(O)C1(CCC2CC2)COc2ccccc2C1. The van der Waals surface area contributed by atoms with Gasteiger partial charge in [0.25, 0.3) is 0 Å². The molecule has 0 bridgehead atoms. The molecule has 0 saturated heterocycles. The van der Waals surface area contributed by atoms with E-state index in [1.54, 1.807) is 0 Å². The molecule has 1 aliphatic heterocycles. The van der Waals surface area contributed by atoms with Crippen LogP contribution in [0.5, 0.6) is 5.75 Å². The second-order valence-corrected chi connectivity index (χ2v) is 5.64. The van der Waals surface area contributed by atoms with Gasteiger partial charge in [0, 0.05) is 0 Å². The lowest BCUT2D eigenvalue weighted by Crippen LogP contribution is -2.42. The van der Waals surface area contributed by atoms with Crippen molar-refractivity contribution in [3.8, 4) is 5.75 Å². The summed E-state index contributed by atoms with van der Waals surface area (Å²) < 4.78 is 5.67. The van der Waals surface area contributed by atoms with E-state index in [-0.39, 0.29) is 0 Å². The molecule has 3 heteroatoms. The van der Waals surface area contributed by atoms with E-state index in [9.17, 15) is 9.90 Å². The van der Waals surface area contributed by atoms with Crippen molar-refractivity contribution in [3.05, 3.63) is 29.8 Å². The lowest BCUT2D eigenvalue weighted by Gasteiger charge is -2.34. The van der Waals surface area contributed by atoms with Crippen molar-refractivity contribution in [1.29, 1.82) is 0 Å². The molecule has 96 valence electrons. The van der Waals surface area contributed by atoms with Gasteiger partial charge in [-0.2, -0.15) is 0 Å². The van der Waals surface area contributed by atoms with E-state index in [2.05, 4.69) is 0 Å². The number of hydrogen-bond donors (Lipinski definition) is 1. The van der Waals surface area contributed by atoms with Crippen LogP contribution in [0.4, 0.5) is 0 Å². The number of carbonyl (C=O) groups is 1. The minimum Gasteiger partial charge on any atom is -0.492 e. The van der Waals surface area contributed by atoms with Crippen molar-refractivity contribution in [2.75, 3.05) is 6.61 Å². The number of carboxylic acids is 1. The molecule has 3 rings (SSSR count). The summed E-state index contributed by atoms with van der Waals surface area (Å²) >= 11 is 0. The maximum atomic E-state index is 11.6. The van der Waals surface area contributed by atoms with Gasteiger partial charge in [-0.3, -0.25) is 4.79 Å². The van der Waals surface area contributed by atoms with Crippen molar-refractivity contribution >= 4 is 5.97 Å². The molecule has 2 aliphatic rings. The van der Waals surface area contributed by atoms with Crippen LogP contribution in [0, 0.1) is 11.3 Å². The summed E-state index contributed by atoms with van der Waals surface area (Å²) in [5.74, 6) is 0.900. The number of benzene rings is 1. The van der Waals surface area contributed by atoms with Gasteiger partial charge in [0.15, 0.2) is 0 Å². The summed E-state index contributed by atoms with van der Waals surface area (Å²) in [6.45, 7) is 0.312. The topological polar surface area (TPSA) is 46.5 Å². The highest BCUT2D eigenvalue weighted by Gasteiger charge is 2.43. The molecule has 1 aromatic carbocycles. The van der Waals surface area contributed by atoms with Gasteiger partial charge < -0.3 is 9.84 Å². The van der Waals surface area contributed by atoms with Gasteiger partial charge in [-0.05, 0) is 36.8 Å². The molecule has 1 fully saturated rings. The average Bonchev–Trinajstić information content (AvgIpc) is 3.20. The highest BCUT2D eigenvalue weighted by atomic mass is 16.5. The van der Waals surface area contributed by atoms with Gasteiger partial charge >= 0.3 is 5.97 Å². The number of carboxylic acid groups (broad SMARTS) is 1. The zero-order chi connectivity index (χ0) is 12.6. The highest BCUT2D eigenvalue weighted by molar-refractivity contribution is 5.76. The summed E-state index contributed by atoms with van der Waals surface area (Å²) in [6, 6.07) is 7.77. The monoisotopic (exact) mass is 246 g/mol. The Bertz CT molecular complexity index is 465. The molecule has 1 unspecified atom stereocenters. The summed E-state index contributed by atoms with van der Waals surface area (Å²) in [7, 11) is 0. The van der Waals surface area contributed by atoms with Crippen LogP contribution in [-0.2, 0) is 11.2 Å². The molecule has 1 heterocycles. The number of fused-ring (bicyclic) bond motifs is 1. The third-order valence-electron chi connectivity index (χ3n) is 4.19. The molecule has 18 heavy (non-hydrogen) atoms. The molecule has 1 aliphatic carbocycles. The van der Waals surface area contributed by atoms with Crippen LogP contribution >= 0.6 is 0 Å². The predicted octanol–water partition coefficient (Wildman–Crippen LogP) is 2.88. The summed E-state index contributed by atoms with van der Waals surface area (Å²) in [5, 5.41) is 9.57. The van der Waals surface area contributed by atoms with Crippen LogP contribution in [0.3, 0.4) is 0 Å². The van der Waals surface area contributed by atoms with Crippen LogP contribution in [0.1, 0.15) is 31.2 Å². The molecule has 1 atom stereocenters. The van der Waals surface area contributed by atoms with E-state index in [0.29, 0.717) is 13.0 Å². The third-order valence-corrected chi connectivity index (χ3v) is 4.19. The van der Waals surface area contributed by atoms with E-state index in [1.165, 1.54) is 12.8 Å². The molecule has 0 amide bonds. The van der Waals surface area contributed by atoms with E-state index in [0.717, 1.165) is 30.1 Å². The largest absolute Gasteiger partial charge is 0.492 e. The van der Waals surface area contributed by atoms with Gasteiger partial charge in [0.2, 0.25) is 0 Å². The molecule has 3 nitrogen and oxygen atoms in total. The van der Waals surface area contributed by atoms with E-state index < -0.39 is 11.4 Å². The van der Waals surface area contributed by atoms with Crippen LogP contribution in [0.2, 0.25) is 0 Å². The van der Waals surface area contributed by atoms with Crippen LogP contribution in [0.25, 0.3) is 0 Å². The first kappa shape index (κ1) is 11.6. The van der Waals surface area contributed by atoms with Crippen molar-refractivity contribution in [3.63, 3.8) is 0 Å². The third kappa shape index (κ3) is 2.09. The first-order chi connectivity index (χ1) is 8.70. The fraction of sp³-hybridized carbons (Fsp3) is 0.533. The first-order valence-electron chi connectivity index (χ1n) is 6.64. The Kier molecular flexibility index (Phi) is 2.77. The fourth-order valence-electron chi connectivity index (χ4n) is 2.71.